The number of anilines is 1. The van der Waals surface area contributed by atoms with E-state index in [9.17, 15) is 19.5 Å². The van der Waals surface area contributed by atoms with Crippen LogP contribution in [0.3, 0.4) is 0 Å². The van der Waals surface area contributed by atoms with Gasteiger partial charge in [0.25, 0.3) is 0 Å². The summed E-state index contributed by atoms with van der Waals surface area (Å²) in [7, 11) is 1.58. The van der Waals surface area contributed by atoms with E-state index in [1.807, 2.05) is 6.92 Å². The molecule has 6 atom stereocenters. The molecule has 8 nitrogen and oxygen atoms in total. The Bertz CT molecular complexity index is 916. The molecule has 3 amide bonds. The first kappa shape index (κ1) is 24.3. The molecular weight excluding hydrogens is 510 g/mol. The van der Waals surface area contributed by atoms with E-state index in [0.29, 0.717) is 30.8 Å². The monoisotopic (exact) mass is 539 g/mol. The molecule has 3 heterocycles. The van der Waals surface area contributed by atoms with Gasteiger partial charge in [0.15, 0.2) is 0 Å². The third kappa shape index (κ3) is 4.14. The number of methoxy groups -OCH3 is 1. The summed E-state index contributed by atoms with van der Waals surface area (Å²) in [6.45, 7) is 2.74. The highest BCUT2D eigenvalue weighted by molar-refractivity contribution is 9.09. The average molecular weight is 540 g/mol. The number of rotatable bonds is 9. The molecule has 0 saturated carbocycles. The van der Waals surface area contributed by atoms with Gasteiger partial charge in [0.05, 0.1) is 23.7 Å². The fourth-order valence-corrected chi connectivity index (χ4v) is 9.08. The second-order valence-corrected chi connectivity index (χ2v) is 11.5. The van der Waals surface area contributed by atoms with Crippen molar-refractivity contribution in [2.24, 2.45) is 11.8 Å². The lowest BCUT2D eigenvalue weighted by atomic mass is 9.70. The van der Waals surface area contributed by atoms with Crippen molar-refractivity contribution in [2.75, 3.05) is 32.1 Å². The van der Waals surface area contributed by atoms with Gasteiger partial charge >= 0.3 is 0 Å². The predicted octanol–water partition coefficient (Wildman–Crippen LogP) is 2.01. The van der Waals surface area contributed by atoms with Crippen molar-refractivity contribution < 1.29 is 24.2 Å². The maximum atomic E-state index is 13.7. The molecule has 1 spiro atoms. The average Bonchev–Trinajstić information content (AvgIpc) is 3.39. The molecule has 0 aliphatic carbocycles. The van der Waals surface area contributed by atoms with E-state index in [0.717, 1.165) is 6.42 Å². The molecule has 33 heavy (non-hydrogen) atoms. The first-order valence-corrected chi connectivity index (χ1v) is 13.1. The molecule has 0 aromatic heterocycles. The van der Waals surface area contributed by atoms with Crippen LogP contribution in [0.1, 0.15) is 26.2 Å². The van der Waals surface area contributed by atoms with Gasteiger partial charge in [-0.15, -0.1) is 11.8 Å². The number of likely N-dealkylation sites (tertiary alicyclic amines) is 1. The molecule has 180 valence electrons. The number of aliphatic hydroxyl groups is 1. The molecule has 3 aliphatic rings. The SMILES string of the molecule is CCCNC(=O)[C@H]1[C@H]2C(=O)N(CCCO)C(C(=O)Nc3ccc(OC)cc3)C23CC(Br)[C@@H]1S3. The molecule has 1 aromatic carbocycles. The van der Waals surface area contributed by atoms with Crippen LogP contribution in [-0.2, 0) is 14.4 Å². The highest BCUT2D eigenvalue weighted by Crippen LogP contribution is 2.67. The minimum absolute atomic E-state index is 0.0398. The van der Waals surface area contributed by atoms with Gasteiger partial charge in [-0.1, -0.05) is 22.9 Å². The standard InChI is InChI=1S/C23H30BrN3O5S/c1-3-9-25-20(29)16-17-22(31)27(10-4-11-28)19(23(17)12-15(24)18(16)33-23)21(30)26-13-5-7-14(32-2)8-6-13/h5-8,15-19,28H,3-4,9-12H2,1-2H3,(H,25,29)(H,26,30)/t15?,16-,17-,18-,19?,23?/m0/s1. The summed E-state index contributed by atoms with van der Waals surface area (Å²) < 4.78 is 4.50. The fraction of sp³-hybridized carbons (Fsp3) is 0.609. The van der Waals surface area contributed by atoms with E-state index in [2.05, 4.69) is 26.6 Å². The fourth-order valence-electron chi connectivity index (χ4n) is 5.46. The largest absolute Gasteiger partial charge is 0.497 e. The van der Waals surface area contributed by atoms with Crippen LogP contribution in [0.5, 0.6) is 5.75 Å². The van der Waals surface area contributed by atoms with E-state index in [4.69, 9.17) is 4.74 Å². The van der Waals surface area contributed by atoms with Crippen molar-refractivity contribution in [3.05, 3.63) is 24.3 Å². The summed E-state index contributed by atoms with van der Waals surface area (Å²) >= 11 is 5.35. The molecule has 2 bridgehead atoms. The number of hydrogen-bond donors (Lipinski definition) is 3. The zero-order valence-corrected chi connectivity index (χ0v) is 21.2. The molecule has 3 fully saturated rings. The molecule has 0 radical (unpaired) electrons. The number of nitrogens with one attached hydrogen (secondary N) is 2. The third-order valence-corrected chi connectivity index (χ3v) is 10.0. The van der Waals surface area contributed by atoms with Gasteiger partial charge in [0.2, 0.25) is 17.7 Å². The second-order valence-electron chi connectivity index (χ2n) is 8.78. The van der Waals surface area contributed by atoms with E-state index in [1.54, 1.807) is 48.0 Å². The summed E-state index contributed by atoms with van der Waals surface area (Å²) in [6.07, 6.45) is 1.82. The second kappa shape index (κ2) is 9.84. The normalized spacial score (nSPS) is 32.1. The number of benzene rings is 1. The number of carbonyl (C=O) groups excluding carboxylic acids is 3. The van der Waals surface area contributed by atoms with Crippen LogP contribution in [-0.4, -0.2) is 75.4 Å². The molecule has 3 N–H and O–H groups in total. The van der Waals surface area contributed by atoms with Gasteiger partial charge in [-0.25, -0.2) is 0 Å². The zero-order chi connectivity index (χ0) is 23.8. The van der Waals surface area contributed by atoms with Crippen molar-refractivity contribution in [1.29, 1.82) is 0 Å². The first-order chi connectivity index (χ1) is 15.9. The minimum Gasteiger partial charge on any atom is -0.497 e. The van der Waals surface area contributed by atoms with Gasteiger partial charge in [0.1, 0.15) is 11.8 Å². The Kier molecular flexibility index (Phi) is 7.26. The Labute approximate surface area is 206 Å². The number of alkyl halides is 1. The number of ether oxygens (including phenoxy) is 1. The van der Waals surface area contributed by atoms with Crippen LogP contribution in [0.4, 0.5) is 5.69 Å². The van der Waals surface area contributed by atoms with Crippen LogP contribution < -0.4 is 15.4 Å². The Hall–Kier alpha value is -1.78. The predicted molar refractivity (Wildman–Crippen MR) is 131 cm³/mol. The molecule has 3 unspecified atom stereocenters. The molecule has 1 aromatic rings. The van der Waals surface area contributed by atoms with Gasteiger partial charge in [0, 0.05) is 35.5 Å². The maximum Gasteiger partial charge on any atom is 0.248 e. The van der Waals surface area contributed by atoms with Crippen LogP contribution >= 0.6 is 27.7 Å². The lowest BCUT2D eigenvalue weighted by molar-refractivity contribution is -0.139. The molecule has 3 saturated heterocycles. The number of nitrogens with zero attached hydrogens (tertiary/aromatic N) is 1. The van der Waals surface area contributed by atoms with Crippen LogP contribution in [0.25, 0.3) is 0 Å². The first-order valence-electron chi connectivity index (χ1n) is 11.3. The smallest absolute Gasteiger partial charge is 0.248 e. The molecule has 10 heteroatoms. The Morgan fingerprint density at radius 2 is 2.03 bits per heavy atom. The molecule has 4 rings (SSSR count). The molecular formula is C23H30BrN3O5S. The highest BCUT2D eigenvalue weighted by Gasteiger charge is 2.75. The zero-order valence-electron chi connectivity index (χ0n) is 18.8. The quantitative estimate of drug-likeness (QED) is 0.414. The third-order valence-electron chi connectivity index (χ3n) is 6.80. The van der Waals surface area contributed by atoms with E-state index in [-0.39, 0.29) is 41.0 Å². The number of hydrogen-bond acceptors (Lipinski definition) is 6. The Balaban J connectivity index is 1.66. The van der Waals surface area contributed by atoms with Crippen molar-refractivity contribution in [3.8, 4) is 5.75 Å². The minimum atomic E-state index is -0.720. The van der Waals surface area contributed by atoms with Crippen molar-refractivity contribution in [1.82, 2.24) is 10.2 Å². The number of carbonyl (C=O) groups is 3. The van der Waals surface area contributed by atoms with E-state index >= 15 is 0 Å². The van der Waals surface area contributed by atoms with Crippen LogP contribution in [0.15, 0.2) is 24.3 Å². The number of thioether (sulfide) groups is 1. The van der Waals surface area contributed by atoms with Crippen molar-refractivity contribution >= 4 is 51.1 Å². The summed E-state index contributed by atoms with van der Waals surface area (Å²) in [5, 5.41) is 15.3. The summed E-state index contributed by atoms with van der Waals surface area (Å²) in [5.74, 6) is -0.899. The summed E-state index contributed by atoms with van der Waals surface area (Å²) in [5.41, 5.74) is 0.611. The summed E-state index contributed by atoms with van der Waals surface area (Å²) in [6, 6.07) is 6.32. The van der Waals surface area contributed by atoms with E-state index in [1.165, 1.54) is 0 Å². The van der Waals surface area contributed by atoms with Crippen molar-refractivity contribution in [2.45, 2.75) is 47.1 Å². The number of halogens is 1. The van der Waals surface area contributed by atoms with Crippen molar-refractivity contribution in [3.63, 3.8) is 0 Å². The van der Waals surface area contributed by atoms with Gasteiger partial charge < -0.3 is 25.4 Å². The summed E-state index contributed by atoms with van der Waals surface area (Å²) in [4.78, 5) is 42.0. The lowest BCUT2D eigenvalue weighted by Gasteiger charge is -2.35. The van der Waals surface area contributed by atoms with Gasteiger partial charge in [-0.3, -0.25) is 14.4 Å². The highest BCUT2D eigenvalue weighted by atomic mass is 79.9. The van der Waals surface area contributed by atoms with E-state index < -0.39 is 22.6 Å². The van der Waals surface area contributed by atoms with Gasteiger partial charge in [-0.2, -0.15) is 0 Å². The molecule has 3 aliphatic heterocycles. The Morgan fingerprint density at radius 3 is 2.67 bits per heavy atom. The van der Waals surface area contributed by atoms with Gasteiger partial charge in [-0.05, 0) is 43.5 Å². The van der Waals surface area contributed by atoms with Crippen LogP contribution in [0.2, 0.25) is 0 Å². The number of aliphatic hydroxyl groups excluding tert-OH is 1. The number of fused-ring (bicyclic) bond motifs is 1. The Morgan fingerprint density at radius 1 is 1.30 bits per heavy atom. The van der Waals surface area contributed by atoms with Crippen LogP contribution in [0, 0.1) is 11.8 Å². The lowest BCUT2D eigenvalue weighted by Crippen LogP contribution is -2.53. The number of amides is 3. The maximum absolute atomic E-state index is 13.7. The topological polar surface area (TPSA) is 108 Å².